The molecule has 2 saturated heterocycles. The van der Waals surface area contributed by atoms with E-state index in [0.717, 1.165) is 25.7 Å². The molecule has 0 radical (unpaired) electrons. The van der Waals surface area contributed by atoms with E-state index in [0.29, 0.717) is 32.5 Å². The highest BCUT2D eigenvalue weighted by Gasteiger charge is 2.64. The molecule has 2 saturated carbocycles. The van der Waals surface area contributed by atoms with Crippen molar-refractivity contribution in [3.63, 3.8) is 0 Å². The molecule has 2 spiro atoms. The highest BCUT2D eigenvalue weighted by molar-refractivity contribution is 5.82. The Balaban J connectivity index is 1.24. The molecule has 2 aliphatic heterocycles. The molecule has 2 heterocycles. The van der Waals surface area contributed by atoms with Gasteiger partial charge in [0.1, 0.15) is 11.2 Å². The first-order valence-electron chi connectivity index (χ1n) is 10.4. The van der Waals surface area contributed by atoms with Crippen LogP contribution in [0.25, 0.3) is 0 Å². The maximum atomic E-state index is 12.8. The van der Waals surface area contributed by atoms with Gasteiger partial charge >= 0.3 is 12.2 Å². The van der Waals surface area contributed by atoms with Crippen LogP contribution >= 0.6 is 0 Å². The second kappa shape index (κ2) is 6.52. The fourth-order valence-electron chi connectivity index (χ4n) is 4.93. The van der Waals surface area contributed by atoms with Crippen molar-refractivity contribution >= 4 is 18.1 Å². The number of hydrogen-bond acceptors (Lipinski definition) is 5. The van der Waals surface area contributed by atoms with Gasteiger partial charge in [0.25, 0.3) is 0 Å². The first-order valence-corrected chi connectivity index (χ1v) is 10.4. The van der Waals surface area contributed by atoms with E-state index in [9.17, 15) is 14.4 Å². The largest absolute Gasteiger partial charge is 0.444 e. The average molecular weight is 393 g/mol. The Morgan fingerprint density at radius 1 is 1.25 bits per heavy atom. The maximum absolute atomic E-state index is 12.8. The van der Waals surface area contributed by atoms with Gasteiger partial charge in [-0.15, -0.1) is 0 Å². The summed E-state index contributed by atoms with van der Waals surface area (Å²) >= 11 is 0. The Bertz CT molecular complexity index is 674. The SMILES string of the molecule is CC(C)(C)OC(=O)NC[C@@H]1C[C@@H]1C(=O)N1CCC2(CC1)OC(=O)NC21CCC1. The molecule has 0 aromatic carbocycles. The molecular formula is C20H31N3O5. The molecule has 2 aliphatic carbocycles. The van der Waals surface area contributed by atoms with Gasteiger partial charge in [-0.05, 0) is 52.4 Å². The quantitative estimate of drug-likeness (QED) is 0.766. The van der Waals surface area contributed by atoms with Gasteiger partial charge in [0.15, 0.2) is 0 Å². The van der Waals surface area contributed by atoms with E-state index in [2.05, 4.69) is 10.6 Å². The highest BCUT2D eigenvalue weighted by Crippen LogP contribution is 2.51. The molecule has 8 nitrogen and oxygen atoms in total. The Morgan fingerprint density at radius 2 is 1.93 bits per heavy atom. The number of fused-ring (bicyclic) bond motifs is 1. The summed E-state index contributed by atoms with van der Waals surface area (Å²) in [6.45, 7) is 7.18. The van der Waals surface area contributed by atoms with Crippen LogP contribution in [-0.2, 0) is 14.3 Å². The number of carbonyl (C=O) groups excluding carboxylic acids is 3. The first-order chi connectivity index (χ1) is 13.1. The van der Waals surface area contributed by atoms with Crippen LogP contribution in [0.5, 0.6) is 0 Å². The van der Waals surface area contributed by atoms with E-state index in [1.165, 1.54) is 0 Å². The normalized spacial score (nSPS) is 29.7. The summed E-state index contributed by atoms with van der Waals surface area (Å²) in [6, 6.07) is 0. The molecule has 28 heavy (non-hydrogen) atoms. The number of ether oxygens (including phenoxy) is 2. The van der Waals surface area contributed by atoms with Crippen LogP contribution < -0.4 is 10.6 Å². The zero-order chi connectivity index (χ0) is 20.2. The molecule has 0 aromatic heterocycles. The molecule has 2 atom stereocenters. The number of nitrogens with zero attached hydrogens (tertiary/aromatic N) is 1. The Hall–Kier alpha value is -1.99. The lowest BCUT2D eigenvalue weighted by Gasteiger charge is -2.51. The van der Waals surface area contributed by atoms with E-state index in [1.54, 1.807) is 0 Å². The number of piperidine rings is 1. The first kappa shape index (κ1) is 19.3. The molecule has 0 unspecified atom stereocenters. The van der Waals surface area contributed by atoms with Gasteiger partial charge in [0, 0.05) is 38.4 Å². The number of alkyl carbamates (subject to hydrolysis) is 2. The summed E-state index contributed by atoms with van der Waals surface area (Å²) in [6.07, 6.45) is 4.50. The van der Waals surface area contributed by atoms with Crippen LogP contribution in [-0.4, -0.2) is 59.4 Å². The van der Waals surface area contributed by atoms with Crippen molar-refractivity contribution in [2.75, 3.05) is 19.6 Å². The highest BCUT2D eigenvalue weighted by atomic mass is 16.6. The lowest BCUT2D eigenvalue weighted by Crippen LogP contribution is -2.65. The molecular weight excluding hydrogens is 362 g/mol. The van der Waals surface area contributed by atoms with Crippen molar-refractivity contribution in [1.29, 1.82) is 0 Å². The molecule has 8 heteroatoms. The van der Waals surface area contributed by atoms with Gasteiger partial charge in [0.2, 0.25) is 5.91 Å². The zero-order valence-corrected chi connectivity index (χ0v) is 17.0. The van der Waals surface area contributed by atoms with Crippen LogP contribution in [0.1, 0.15) is 59.3 Å². The van der Waals surface area contributed by atoms with Crippen molar-refractivity contribution < 1.29 is 23.9 Å². The zero-order valence-electron chi connectivity index (χ0n) is 17.0. The minimum absolute atomic E-state index is 0.0223. The van der Waals surface area contributed by atoms with Crippen LogP contribution in [0.15, 0.2) is 0 Å². The van der Waals surface area contributed by atoms with Crippen molar-refractivity contribution in [3.8, 4) is 0 Å². The van der Waals surface area contributed by atoms with Gasteiger partial charge in [0.05, 0.1) is 5.54 Å². The number of amides is 3. The molecule has 0 aromatic rings. The summed E-state index contributed by atoms with van der Waals surface area (Å²) in [5.74, 6) is 0.316. The summed E-state index contributed by atoms with van der Waals surface area (Å²) in [7, 11) is 0. The van der Waals surface area contributed by atoms with Crippen LogP contribution in [0.3, 0.4) is 0 Å². The Labute approximate surface area is 165 Å². The second-order valence-electron chi connectivity index (χ2n) is 9.75. The predicted molar refractivity (Wildman–Crippen MR) is 101 cm³/mol. The van der Waals surface area contributed by atoms with E-state index in [4.69, 9.17) is 9.47 Å². The van der Waals surface area contributed by atoms with Crippen LogP contribution in [0.2, 0.25) is 0 Å². The Kier molecular flexibility index (Phi) is 4.50. The van der Waals surface area contributed by atoms with Gasteiger partial charge in [-0.2, -0.15) is 0 Å². The second-order valence-corrected chi connectivity index (χ2v) is 9.75. The Morgan fingerprint density at radius 3 is 2.50 bits per heavy atom. The topological polar surface area (TPSA) is 97.0 Å². The lowest BCUT2D eigenvalue weighted by molar-refractivity contribution is -0.139. The fraction of sp³-hybridized carbons (Fsp3) is 0.850. The van der Waals surface area contributed by atoms with Crippen LogP contribution in [0, 0.1) is 11.8 Å². The van der Waals surface area contributed by atoms with Crippen LogP contribution in [0.4, 0.5) is 9.59 Å². The fourth-order valence-corrected chi connectivity index (χ4v) is 4.93. The standard InChI is InChI=1S/C20H31N3O5/c1-18(2,3)27-16(25)21-12-13-11-14(13)15(24)23-9-7-20(8-10-23)19(5-4-6-19)22-17(26)28-20/h13-14H,4-12H2,1-3H3,(H,21,25)(H,22,26)/t13-,14-/m0/s1. The third kappa shape index (κ3) is 3.42. The van der Waals surface area contributed by atoms with E-state index in [1.807, 2.05) is 25.7 Å². The van der Waals surface area contributed by atoms with Gasteiger partial charge < -0.3 is 25.0 Å². The minimum atomic E-state index is -0.525. The van der Waals surface area contributed by atoms with Crippen molar-refractivity contribution in [3.05, 3.63) is 0 Å². The van der Waals surface area contributed by atoms with Crippen molar-refractivity contribution in [2.45, 2.75) is 76.0 Å². The monoisotopic (exact) mass is 393 g/mol. The summed E-state index contributed by atoms with van der Waals surface area (Å²) in [4.78, 5) is 38.3. The average Bonchev–Trinajstić information content (AvgIpc) is 3.28. The van der Waals surface area contributed by atoms with Crippen molar-refractivity contribution in [2.24, 2.45) is 11.8 Å². The van der Waals surface area contributed by atoms with E-state index >= 15 is 0 Å². The summed E-state index contributed by atoms with van der Waals surface area (Å²) in [5.41, 5.74) is -1.18. The molecule has 156 valence electrons. The molecule has 4 rings (SSSR count). The third-order valence-corrected chi connectivity index (χ3v) is 6.74. The number of rotatable bonds is 3. The minimum Gasteiger partial charge on any atom is -0.444 e. The number of likely N-dealkylation sites (tertiary alicyclic amines) is 1. The smallest absolute Gasteiger partial charge is 0.408 e. The third-order valence-electron chi connectivity index (χ3n) is 6.74. The van der Waals surface area contributed by atoms with E-state index < -0.39 is 17.3 Å². The van der Waals surface area contributed by atoms with E-state index in [-0.39, 0.29) is 29.4 Å². The van der Waals surface area contributed by atoms with Gasteiger partial charge in [-0.1, -0.05) is 0 Å². The van der Waals surface area contributed by atoms with Crippen molar-refractivity contribution in [1.82, 2.24) is 15.5 Å². The molecule has 4 fully saturated rings. The maximum Gasteiger partial charge on any atom is 0.408 e. The number of nitrogens with one attached hydrogen (secondary N) is 2. The van der Waals surface area contributed by atoms with Gasteiger partial charge in [-0.25, -0.2) is 9.59 Å². The summed E-state index contributed by atoms with van der Waals surface area (Å²) < 4.78 is 11.0. The number of carbonyl (C=O) groups is 3. The molecule has 2 N–H and O–H groups in total. The van der Waals surface area contributed by atoms with Gasteiger partial charge in [-0.3, -0.25) is 4.79 Å². The molecule has 3 amide bonds. The lowest BCUT2D eigenvalue weighted by atomic mass is 9.62. The summed E-state index contributed by atoms with van der Waals surface area (Å²) in [5, 5.41) is 5.80. The number of hydrogen-bond donors (Lipinski definition) is 2. The molecule has 0 bridgehead atoms. The molecule has 4 aliphatic rings. The predicted octanol–water partition coefficient (Wildman–Crippen LogP) is 2.17.